The SMILES string of the molecule is CC[C@@]1(c2ccc(Cl)cc2)NC(=O)N(CC(=O)N[C@H]2CCS(=O)(=O)C2)C1=O. The van der Waals surface area contributed by atoms with Crippen LogP contribution < -0.4 is 10.6 Å². The molecule has 10 heteroatoms. The van der Waals surface area contributed by atoms with E-state index in [1.807, 2.05) is 0 Å². The predicted molar refractivity (Wildman–Crippen MR) is 98.9 cm³/mol. The molecule has 3 rings (SSSR count). The number of carbonyl (C=O) groups excluding carboxylic acids is 3. The number of nitrogens with zero attached hydrogens (tertiary/aromatic N) is 1. The summed E-state index contributed by atoms with van der Waals surface area (Å²) in [6.45, 7) is 1.30. The highest BCUT2D eigenvalue weighted by Crippen LogP contribution is 2.33. The highest BCUT2D eigenvalue weighted by atomic mass is 35.5. The van der Waals surface area contributed by atoms with Crippen molar-refractivity contribution in [3.8, 4) is 0 Å². The molecule has 2 fully saturated rings. The lowest BCUT2D eigenvalue weighted by atomic mass is 9.87. The van der Waals surface area contributed by atoms with Crippen LogP contribution in [-0.2, 0) is 25.0 Å². The van der Waals surface area contributed by atoms with Crippen molar-refractivity contribution in [2.24, 2.45) is 0 Å². The fraction of sp³-hybridized carbons (Fsp3) is 0.471. The quantitative estimate of drug-likeness (QED) is 0.693. The number of imide groups is 1. The minimum absolute atomic E-state index is 0.0244. The van der Waals surface area contributed by atoms with Gasteiger partial charge in [0.15, 0.2) is 9.84 Å². The van der Waals surface area contributed by atoms with Crippen molar-refractivity contribution in [1.82, 2.24) is 15.5 Å². The molecule has 2 aliphatic rings. The molecule has 0 aromatic heterocycles. The maximum Gasteiger partial charge on any atom is 0.325 e. The van der Waals surface area contributed by atoms with E-state index in [4.69, 9.17) is 11.6 Å². The third-order valence-electron chi connectivity index (χ3n) is 4.94. The fourth-order valence-corrected chi connectivity index (χ4v) is 5.27. The molecule has 0 bridgehead atoms. The number of carbonyl (C=O) groups is 3. The Morgan fingerprint density at radius 3 is 2.56 bits per heavy atom. The molecule has 2 aliphatic heterocycles. The molecule has 2 atom stereocenters. The van der Waals surface area contributed by atoms with Gasteiger partial charge in [-0.1, -0.05) is 30.7 Å². The van der Waals surface area contributed by atoms with Gasteiger partial charge in [-0.15, -0.1) is 0 Å². The summed E-state index contributed by atoms with van der Waals surface area (Å²) in [6, 6.07) is 5.43. The normalized spacial score (nSPS) is 26.9. The molecular formula is C17H20ClN3O5S. The van der Waals surface area contributed by atoms with Crippen LogP contribution in [0.15, 0.2) is 24.3 Å². The van der Waals surface area contributed by atoms with Gasteiger partial charge in [-0.2, -0.15) is 0 Å². The van der Waals surface area contributed by atoms with Crippen molar-refractivity contribution in [2.75, 3.05) is 18.1 Å². The Morgan fingerprint density at radius 2 is 2.00 bits per heavy atom. The zero-order valence-corrected chi connectivity index (χ0v) is 16.3. The maximum absolute atomic E-state index is 13.0. The molecule has 0 unspecified atom stereocenters. The first kappa shape index (κ1) is 19.6. The van der Waals surface area contributed by atoms with Crippen LogP contribution in [0.4, 0.5) is 4.79 Å². The van der Waals surface area contributed by atoms with E-state index in [0.717, 1.165) is 4.90 Å². The van der Waals surface area contributed by atoms with Gasteiger partial charge in [0.1, 0.15) is 12.1 Å². The van der Waals surface area contributed by atoms with Gasteiger partial charge >= 0.3 is 6.03 Å². The van der Waals surface area contributed by atoms with Crippen LogP contribution in [0, 0.1) is 0 Å². The standard InChI is InChI=1S/C17H20ClN3O5S/c1-2-17(11-3-5-12(18)6-4-11)15(23)21(16(24)20-17)9-14(22)19-13-7-8-27(25,26)10-13/h3-6,13H,2,7-10H2,1H3,(H,19,22)(H,20,24)/t13-,17-/m0/s1. The van der Waals surface area contributed by atoms with Crippen LogP contribution in [-0.4, -0.2) is 55.3 Å². The first-order valence-electron chi connectivity index (χ1n) is 8.57. The van der Waals surface area contributed by atoms with Gasteiger partial charge in [0.05, 0.1) is 11.5 Å². The van der Waals surface area contributed by atoms with E-state index in [1.54, 1.807) is 31.2 Å². The Hall–Kier alpha value is -2.13. The lowest BCUT2D eigenvalue weighted by Gasteiger charge is -2.25. The van der Waals surface area contributed by atoms with Gasteiger partial charge in [-0.3, -0.25) is 14.5 Å². The Bertz CT molecular complexity index is 886. The van der Waals surface area contributed by atoms with Gasteiger partial charge in [0, 0.05) is 11.1 Å². The van der Waals surface area contributed by atoms with Crippen LogP contribution in [0.5, 0.6) is 0 Å². The van der Waals surface area contributed by atoms with Gasteiger partial charge in [0.25, 0.3) is 5.91 Å². The highest BCUT2D eigenvalue weighted by Gasteiger charge is 2.51. The van der Waals surface area contributed by atoms with Gasteiger partial charge in [-0.05, 0) is 30.5 Å². The Balaban J connectivity index is 1.73. The molecule has 1 aromatic rings. The number of sulfone groups is 1. The topological polar surface area (TPSA) is 113 Å². The summed E-state index contributed by atoms with van der Waals surface area (Å²) in [5, 5.41) is 5.77. The highest BCUT2D eigenvalue weighted by molar-refractivity contribution is 7.91. The molecule has 1 aromatic carbocycles. The molecule has 0 saturated carbocycles. The summed E-state index contributed by atoms with van der Waals surface area (Å²) >= 11 is 5.89. The molecule has 2 saturated heterocycles. The molecule has 2 heterocycles. The molecule has 8 nitrogen and oxygen atoms in total. The lowest BCUT2D eigenvalue weighted by Crippen LogP contribution is -2.46. The predicted octanol–water partition coefficient (Wildman–Crippen LogP) is 0.800. The average Bonchev–Trinajstić information content (AvgIpc) is 3.07. The summed E-state index contributed by atoms with van der Waals surface area (Å²) in [5.74, 6) is -1.19. The van der Waals surface area contributed by atoms with Crippen molar-refractivity contribution in [2.45, 2.75) is 31.3 Å². The van der Waals surface area contributed by atoms with Crippen molar-refractivity contribution in [3.05, 3.63) is 34.9 Å². The Labute approximate surface area is 162 Å². The van der Waals surface area contributed by atoms with Gasteiger partial charge < -0.3 is 10.6 Å². The summed E-state index contributed by atoms with van der Waals surface area (Å²) in [6.07, 6.45) is 0.635. The minimum atomic E-state index is -3.14. The van der Waals surface area contributed by atoms with E-state index in [9.17, 15) is 22.8 Å². The first-order valence-corrected chi connectivity index (χ1v) is 10.8. The van der Waals surface area contributed by atoms with Crippen LogP contribution >= 0.6 is 11.6 Å². The monoisotopic (exact) mass is 413 g/mol. The number of benzene rings is 1. The van der Waals surface area contributed by atoms with Crippen LogP contribution in [0.25, 0.3) is 0 Å². The van der Waals surface area contributed by atoms with Crippen molar-refractivity contribution in [1.29, 1.82) is 0 Å². The van der Waals surface area contributed by atoms with E-state index in [1.165, 1.54) is 0 Å². The Morgan fingerprint density at radius 1 is 1.33 bits per heavy atom. The molecule has 27 heavy (non-hydrogen) atoms. The fourth-order valence-electron chi connectivity index (χ4n) is 3.47. The third-order valence-corrected chi connectivity index (χ3v) is 6.96. The van der Waals surface area contributed by atoms with Crippen molar-refractivity contribution >= 4 is 39.3 Å². The Kier molecular flexibility index (Phi) is 5.18. The molecule has 0 aliphatic carbocycles. The number of rotatable bonds is 5. The molecule has 0 radical (unpaired) electrons. The molecular weight excluding hydrogens is 394 g/mol. The minimum Gasteiger partial charge on any atom is -0.351 e. The van der Waals surface area contributed by atoms with Gasteiger partial charge in [0.2, 0.25) is 5.91 Å². The van der Waals surface area contributed by atoms with E-state index in [-0.39, 0.29) is 11.5 Å². The van der Waals surface area contributed by atoms with Crippen molar-refractivity contribution in [3.63, 3.8) is 0 Å². The van der Waals surface area contributed by atoms with Crippen LogP contribution in [0.1, 0.15) is 25.3 Å². The molecule has 0 spiro atoms. The largest absolute Gasteiger partial charge is 0.351 e. The van der Waals surface area contributed by atoms with E-state index < -0.39 is 45.8 Å². The summed E-state index contributed by atoms with van der Waals surface area (Å²) in [7, 11) is -3.14. The van der Waals surface area contributed by atoms with E-state index in [0.29, 0.717) is 23.4 Å². The number of halogens is 1. The van der Waals surface area contributed by atoms with E-state index in [2.05, 4.69) is 10.6 Å². The second-order valence-corrected chi connectivity index (χ2v) is 9.42. The first-order chi connectivity index (χ1) is 12.7. The van der Waals surface area contributed by atoms with Crippen LogP contribution in [0.2, 0.25) is 5.02 Å². The number of amides is 4. The molecule has 2 N–H and O–H groups in total. The zero-order valence-electron chi connectivity index (χ0n) is 14.7. The summed E-state index contributed by atoms with van der Waals surface area (Å²) in [4.78, 5) is 38.4. The third kappa shape index (κ3) is 3.79. The summed E-state index contributed by atoms with van der Waals surface area (Å²) in [5.41, 5.74) is -0.670. The number of nitrogens with one attached hydrogen (secondary N) is 2. The maximum atomic E-state index is 13.0. The van der Waals surface area contributed by atoms with Gasteiger partial charge in [-0.25, -0.2) is 13.2 Å². The number of hydrogen-bond donors (Lipinski definition) is 2. The number of urea groups is 1. The lowest BCUT2D eigenvalue weighted by molar-refractivity contribution is -0.135. The smallest absolute Gasteiger partial charge is 0.325 e. The zero-order chi connectivity index (χ0) is 19.8. The van der Waals surface area contributed by atoms with E-state index >= 15 is 0 Å². The van der Waals surface area contributed by atoms with Crippen molar-refractivity contribution < 1.29 is 22.8 Å². The second kappa shape index (κ2) is 7.12. The average molecular weight is 414 g/mol. The molecule has 146 valence electrons. The summed E-state index contributed by atoms with van der Waals surface area (Å²) < 4.78 is 23.0. The number of hydrogen-bond acceptors (Lipinski definition) is 5. The second-order valence-electron chi connectivity index (χ2n) is 6.75. The van der Waals surface area contributed by atoms with Crippen LogP contribution in [0.3, 0.4) is 0 Å². The molecule has 4 amide bonds.